The second-order valence-electron chi connectivity index (χ2n) is 13.0. The molecule has 0 saturated carbocycles. The van der Waals surface area contributed by atoms with Gasteiger partial charge in [0.05, 0.1) is 32.2 Å². The summed E-state index contributed by atoms with van der Waals surface area (Å²) >= 11 is 7.75. The van der Waals surface area contributed by atoms with E-state index in [0.29, 0.717) is 45.5 Å². The molecule has 48 heavy (non-hydrogen) atoms. The van der Waals surface area contributed by atoms with Crippen LogP contribution in [-0.2, 0) is 0 Å². The lowest BCUT2D eigenvalue weighted by molar-refractivity contribution is 0.0711. The maximum atomic E-state index is 16.7. The number of likely N-dealkylation sites (tertiary alicyclic amines) is 2. The number of piperidine rings is 1. The number of nitrogens with zero attached hydrogens (tertiary/aromatic N) is 7. The number of urea groups is 1. The van der Waals surface area contributed by atoms with Gasteiger partial charge in [-0.15, -0.1) is 0 Å². The van der Waals surface area contributed by atoms with Gasteiger partial charge >= 0.3 is 12.0 Å². The number of amides is 2. The Labute approximate surface area is 284 Å². The minimum Gasteiger partial charge on any atom is -0.474 e. The van der Waals surface area contributed by atoms with Gasteiger partial charge in [-0.2, -0.15) is 15.2 Å². The smallest absolute Gasteiger partial charge is 0.321 e. The zero-order valence-electron chi connectivity index (χ0n) is 26.1. The zero-order valence-corrected chi connectivity index (χ0v) is 27.6. The summed E-state index contributed by atoms with van der Waals surface area (Å²) in [5, 5.41) is 9.74. The number of hydrogen-bond donors (Lipinski definition) is 1. The van der Waals surface area contributed by atoms with Gasteiger partial charge in [-0.3, -0.25) is 4.90 Å². The summed E-state index contributed by atoms with van der Waals surface area (Å²) in [7, 11) is 0. The normalized spacial score (nSPS) is 21.0. The molecule has 4 aliphatic rings. The number of rotatable bonds is 6. The summed E-state index contributed by atoms with van der Waals surface area (Å²) in [6, 6.07) is 5.88. The number of aromatic nitrogens is 3. The number of hydrogen-bond acceptors (Lipinski definition) is 10. The molecule has 8 rings (SSSR count). The van der Waals surface area contributed by atoms with E-state index in [1.54, 1.807) is 15.9 Å². The average Bonchev–Trinajstić information content (AvgIpc) is 3.76. The fourth-order valence-electron chi connectivity index (χ4n) is 7.66. The van der Waals surface area contributed by atoms with Crippen molar-refractivity contribution in [3.05, 3.63) is 34.9 Å². The summed E-state index contributed by atoms with van der Waals surface area (Å²) < 4.78 is 44.3. The molecule has 1 atom stereocenters. The number of nitrogens with two attached hydrogens (primary N) is 1. The van der Waals surface area contributed by atoms with Gasteiger partial charge in [0.1, 0.15) is 30.1 Å². The predicted molar refractivity (Wildman–Crippen MR) is 177 cm³/mol. The molecule has 4 fully saturated rings. The molecule has 2 aromatic carbocycles. The van der Waals surface area contributed by atoms with Gasteiger partial charge in [0.2, 0.25) is 5.88 Å². The van der Waals surface area contributed by atoms with Gasteiger partial charge in [0.15, 0.2) is 10.9 Å². The number of carbonyl (C=O) groups is 1. The molecule has 4 saturated heterocycles. The Hall–Kier alpha value is -4.06. The monoisotopic (exact) mass is 694 g/mol. The van der Waals surface area contributed by atoms with Crippen LogP contribution in [0.15, 0.2) is 18.2 Å². The fourth-order valence-corrected chi connectivity index (χ4v) is 8.72. The van der Waals surface area contributed by atoms with Crippen molar-refractivity contribution in [2.24, 2.45) is 0 Å². The van der Waals surface area contributed by atoms with E-state index in [2.05, 4.69) is 25.9 Å². The number of fused-ring (bicyclic) bond motifs is 3. The van der Waals surface area contributed by atoms with E-state index in [4.69, 9.17) is 26.8 Å². The number of benzene rings is 2. The highest BCUT2D eigenvalue weighted by Crippen LogP contribution is 2.43. The molecule has 4 aliphatic heterocycles. The van der Waals surface area contributed by atoms with E-state index in [9.17, 15) is 14.4 Å². The van der Waals surface area contributed by atoms with Crippen LogP contribution in [0.5, 0.6) is 11.9 Å². The van der Waals surface area contributed by atoms with Crippen molar-refractivity contribution in [3.8, 4) is 29.1 Å². The van der Waals surface area contributed by atoms with E-state index in [1.807, 2.05) is 0 Å². The lowest BCUT2D eigenvalue weighted by Crippen LogP contribution is -2.57. The Kier molecular flexibility index (Phi) is 7.88. The maximum Gasteiger partial charge on any atom is 0.321 e. The van der Waals surface area contributed by atoms with Crippen molar-refractivity contribution >= 4 is 55.2 Å². The molecule has 250 valence electrons. The first-order chi connectivity index (χ1) is 23.2. The minimum atomic E-state index is -0.738. The summed E-state index contributed by atoms with van der Waals surface area (Å²) in [6.07, 6.45) is 5.62. The van der Waals surface area contributed by atoms with Crippen molar-refractivity contribution in [2.45, 2.75) is 62.6 Å². The Morgan fingerprint density at radius 1 is 1.08 bits per heavy atom. The third-order valence-corrected chi connectivity index (χ3v) is 11.5. The SMILES string of the molecule is N#C[C@@H]1CCN1C(=O)N1CCC(Oc2nc(OCC34CCCN3CCC4)nc3c(F)c(-c4ccc(F)c5sc(N)nc45)c(Cl)cc23)CC1. The summed E-state index contributed by atoms with van der Waals surface area (Å²) in [6.45, 7) is 3.89. The molecule has 15 heteroatoms. The molecule has 4 aromatic rings. The number of ether oxygens (including phenoxy) is 2. The van der Waals surface area contributed by atoms with Crippen molar-refractivity contribution in [1.82, 2.24) is 29.7 Å². The van der Waals surface area contributed by atoms with Crippen LogP contribution >= 0.6 is 22.9 Å². The summed E-state index contributed by atoms with van der Waals surface area (Å²) in [5.41, 5.74) is 6.28. The molecule has 0 unspecified atom stereocenters. The molecule has 2 N–H and O–H groups in total. The molecular weight excluding hydrogens is 662 g/mol. The molecule has 2 aromatic heterocycles. The van der Waals surface area contributed by atoms with Crippen LogP contribution in [0.2, 0.25) is 5.02 Å². The number of anilines is 1. The first kappa shape index (κ1) is 31.2. The highest BCUT2D eigenvalue weighted by molar-refractivity contribution is 7.22. The Morgan fingerprint density at radius 3 is 2.56 bits per heavy atom. The van der Waals surface area contributed by atoms with Gasteiger partial charge in [-0.25, -0.2) is 18.6 Å². The van der Waals surface area contributed by atoms with E-state index in [0.717, 1.165) is 50.1 Å². The second-order valence-corrected chi connectivity index (χ2v) is 14.4. The Morgan fingerprint density at radius 2 is 1.85 bits per heavy atom. The van der Waals surface area contributed by atoms with Crippen LogP contribution in [0.25, 0.3) is 32.2 Å². The number of nitriles is 1. The molecule has 2 amide bonds. The second kappa shape index (κ2) is 12.1. The third kappa shape index (κ3) is 5.23. The quantitative estimate of drug-likeness (QED) is 0.258. The van der Waals surface area contributed by atoms with Crippen molar-refractivity contribution < 1.29 is 23.0 Å². The van der Waals surface area contributed by atoms with E-state index < -0.39 is 11.6 Å². The van der Waals surface area contributed by atoms with Gasteiger partial charge in [0.25, 0.3) is 0 Å². The summed E-state index contributed by atoms with van der Waals surface area (Å²) in [4.78, 5) is 32.2. The molecule has 0 spiro atoms. The molecular formula is C33H33ClF2N8O3S. The van der Waals surface area contributed by atoms with Gasteiger partial charge in [-0.05, 0) is 63.4 Å². The van der Waals surface area contributed by atoms with E-state index in [1.165, 1.54) is 12.1 Å². The van der Waals surface area contributed by atoms with Crippen molar-refractivity contribution in [2.75, 3.05) is 45.1 Å². The van der Waals surface area contributed by atoms with Crippen LogP contribution in [0.3, 0.4) is 0 Å². The summed E-state index contributed by atoms with van der Waals surface area (Å²) in [5.74, 6) is -1.12. The van der Waals surface area contributed by atoms with Crippen LogP contribution < -0.4 is 15.2 Å². The zero-order chi connectivity index (χ0) is 33.2. The van der Waals surface area contributed by atoms with E-state index >= 15 is 4.39 Å². The van der Waals surface area contributed by atoms with Gasteiger partial charge in [-0.1, -0.05) is 22.9 Å². The van der Waals surface area contributed by atoms with Crippen LogP contribution in [0, 0.1) is 23.0 Å². The number of thiazole rings is 1. The number of carbonyl (C=O) groups excluding carboxylic acids is 1. The Balaban J connectivity index is 1.13. The first-order valence-electron chi connectivity index (χ1n) is 16.3. The number of halogens is 3. The molecule has 0 bridgehead atoms. The van der Waals surface area contributed by atoms with Crippen LogP contribution in [0.4, 0.5) is 18.7 Å². The third-order valence-electron chi connectivity index (χ3n) is 10.3. The van der Waals surface area contributed by atoms with Gasteiger partial charge < -0.3 is 25.0 Å². The lowest BCUT2D eigenvalue weighted by atomic mass is 9.95. The average molecular weight is 695 g/mol. The van der Waals surface area contributed by atoms with Crippen LogP contribution in [0.1, 0.15) is 44.9 Å². The largest absolute Gasteiger partial charge is 0.474 e. The highest BCUT2D eigenvalue weighted by Gasteiger charge is 2.45. The highest BCUT2D eigenvalue weighted by atomic mass is 35.5. The Bertz CT molecular complexity index is 1970. The van der Waals surface area contributed by atoms with Crippen LogP contribution in [-0.4, -0.2) is 92.7 Å². The lowest BCUT2D eigenvalue weighted by Gasteiger charge is -2.41. The molecule has 0 aliphatic carbocycles. The minimum absolute atomic E-state index is 0.00658. The molecule has 0 radical (unpaired) electrons. The molecule has 6 heterocycles. The van der Waals surface area contributed by atoms with Gasteiger partial charge in [0, 0.05) is 43.6 Å². The number of nitrogen functional groups attached to an aromatic ring is 1. The topological polar surface area (TPSA) is 134 Å². The van der Waals surface area contributed by atoms with Crippen molar-refractivity contribution in [3.63, 3.8) is 0 Å². The predicted octanol–water partition coefficient (Wildman–Crippen LogP) is 5.99. The molecule has 11 nitrogen and oxygen atoms in total. The fraction of sp³-hybridized carbons (Fsp3) is 0.485. The first-order valence-corrected chi connectivity index (χ1v) is 17.5. The van der Waals surface area contributed by atoms with Crippen molar-refractivity contribution in [1.29, 1.82) is 5.26 Å². The standard InChI is InChI=1S/C33H33ClF2N8O3S/c34-22-15-21-26(25(36)24(22)20-3-4-23(35)28-27(20)39-30(38)48-28)40-31(46-17-33-8-1-10-43(33)11-2-9-33)41-29(21)47-19-6-12-42(13-7-19)32(45)44-14-5-18(44)16-37/h3-4,15,18-19H,1-2,5-14,17H2,(H2,38,39)/t18-/m0/s1. The maximum absolute atomic E-state index is 16.7. The van der Waals surface area contributed by atoms with E-state index in [-0.39, 0.29) is 78.0 Å².